The summed E-state index contributed by atoms with van der Waals surface area (Å²) in [5, 5.41) is 0.587. The molecule has 35 heavy (non-hydrogen) atoms. The monoisotopic (exact) mass is 480 g/mol. The second-order valence-corrected chi connectivity index (χ2v) is 9.24. The quantitative estimate of drug-likeness (QED) is 0.215. The average molecular weight is 481 g/mol. The molecule has 5 heteroatoms. The first-order valence-electron chi connectivity index (χ1n) is 12.2. The van der Waals surface area contributed by atoms with Crippen LogP contribution in [0.4, 0.5) is 0 Å². The van der Waals surface area contributed by atoms with Gasteiger partial charge in [0.05, 0.1) is 7.11 Å². The Bertz CT molecular complexity index is 1150. The molecule has 0 aliphatic heterocycles. The van der Waals surface area contributed by atoms with Crippen molar-refractivity contribution >= 4 is 11.0 Å². The van der Waals surface area contributed by atoms with Crippen molar-refractivity contribution in [2.24, 2.45) is 0 Å². The molecule has 1 heterocycles. The van der Waals surface area contributed by atoms with Gasteiger partial charge in [0.25, 0.3) is 0 Å². The maximum absolute atomic E-state index is 12.6. The molecule has 190 valence electrons. The Labute approximate surface area is 209 Å². The lowest BCUT2D eigenvalue weighted by atomic mass is 10.1. The van der Waals surface area contributed by atoms with Crippen molar-refractivity contribution in [3.8, 4) is 17.2 Å². The number of fused-ring (bicyclic) bond motifs is 1. The molecule has 0 amide bonds. The lowest BCUT2D eigenvalue weighted by molar-refractivity contribution is 0.307. The number of methoxy groups -OCH3 is 1. The van der Waals surface area contributed by atoms with E-state index in [1.807, 2.05) is 12.1 Å². The second-order valence-electron chi connectivity index (χ2n) is 9.24. The van der Waals surface area contributed by atoms with Crippen LogP contribution in [0.5, 0.6) is 17.2 Å². The molecule has 0 saturated carbocycles. The topological polar surface area (TPSA) is 57.9 Å². The van der Waals surface area contributed by atoms with Gasteiger partial charge in [-0.05, 0) is 91.5 Å². The Morgan fingerprint density at radius 1 is 0.800 bits per heavy atom. The Morgan fingerprint density at radius 2 is 1.37 bits per heavy atom. The molecule has 0 spiro atoms. The van der Waals surface area contributed by atoms with Crippen molar-refractivity contribution in [2.45, 2.75) is 67.2 Å². The molecule has 5 nitrogen and oxygen atoms in total. The van der Waals surface area contributed by atoms with Crippen LogP contribution in [0.3, 0.4) is 0 Å². The fourth-order valence-electron chi connectivity index (χ4n) is 3.53. The average Bonchev–Trinajstić information content (AvgIpc) is 2.79. The second kappa shape index (κ2) is 14.2. The number of hydrogen-bond donors (Lipinski definition) is 0. The van der Waals surface area contributed by atoms with Crippen LogP contribution in [0.2, 0.25) is 0 Å². The van der Waals surface area contributed by atoms with E-state index in [-0.39, 0.29) is 12.4 Å². The van der Waals surface area contributed by atoms with Gasteiger partial charge in [-0.3, -0.25) is 0 Å². The number of allylic oxidation sites excluding steroid dienone is 6. The standard InChI is InChI=1S/C30H40O5/c1-21(2)11-8-13-23(5)17-19-33-25-15-10-16-26-27(25)28(32-7)29(30(31)35-26)34-20-18-24(6)14-9-12-22(3)4/h10-12,15-18H,8-9,13-14,19-20H2,1-7H3/b23-17+,24-18+. The molecule has 0 aliphatic rings. The van der Waals surface area contributed by atoms with Gasteiger partial charge in [0.15, 0.2) is 5.75 Å². The molecule has 2 aromatic rings. The van der Waals surface area contributed by atoms with E-state index in [9.17, 15) is 4.79 Å². The van der Waals surface area contributed by atoms with E-state index in [1.54, 1.807) is 12.1 Å². The van der Waals surface area contributed by atoms with E-state index in [4.69, 9.17) is 18.6 Å². The van der Waals surface area contributed by atoms with Gasteiger partial charge >= 0.3 is 5.63 Å². The van der Waals surface area contributed by atoms with E-state index in [0.717, 1.165) is 25.7 Å². The maximum Gasteiger partial charge on any atom is 0.383 e. The van der Waals surface area contributed by atoms with Crippen LogP contribution in [-0.4, -0.2) is 20.3 Å². The molecule has 0 bridgehead atoms. The van der Waals surface area contributed by atoms with Crippen LogP contribution < -0.4 is 19.8 Å². The van der Waals surface area contributed by atoms with Gasteiger partial charge in [0, 0.05) is 0 Å². The molecular formula is C30H40O5. The highest BCUT2D eigenvalue weighted by molar-refractivity contribution is 5.91. The SMILES string of the molecule is COc1c(OC/C=C(\C)CCC=C(C)C)c(=O)oc2cccc(OC/C=C(\C)CCC=C(C)C)c12. The van der Waals surface area contributed by atoms with Gasteiger partial charge in [-0.15, -0.1) is 0 Å². The Balaban J connectivity index is 2.21. The van der Waals surface area contributed by atoms with Crippen LogP contribution >= 0.6 is 0 Å². The molecule has 0 fully saturated rings. The number of hydrogen-bond acceptors (Lipinski definition) is 5. The zero-order valence-electron chi connectivity index (χ0n) is 22.3. The van der Waals surface area contributed by atoms with Crippen LogP contribution in [0, 0.1) is 0 Å². The van der Waals surface area contributed by atoms with Crippen molar-refractivity contribution in [3.63, 3.8) is 0 Å². The molecule has 0 atom stereocenters. The van der Waals surface area contributed by atoms with Gasteiger partial charge in [0.1, 0.15) is 29.9 Å². The van der Waals surface area contributed by atoms with E-state index in [0.29, 0.717) is 29.1 Å². The first kappa shape index (κ1) is 28.0. The summed E-state index contributed by atoms with van der Waals surface area (Å²) in [6.07, 6.45) is 12.4. The number of rotatable bonds is 13. The summed E-state index contributed by atoms with van der Waals surface area (Å²) in [5.41, 5.74) is 4.91. The van der Waals surface area contributed by atoms with Crippen LogP contribution in [0.15, 0.2) is 74.0 Å². The summed E-state index contributed by atoms with van der Waals surface area (Å²) in [7, 11) is 1.52. The number of benzene rings is 1. The van der Waals surface area contributed by atoms with Crippen molar-refractivity contribution in [1.29, 1.82) is 0 Å². The van der Waals surface area contributed by atoms with E-state index >= 15 is 0 Å². The van der Waals surface area contributed by atoms with E-state index in [2.05, 4.69) is 59.8 Å². The molecule has 0 aliphatic carbocycles. The molecule has 0 unspecified atom stereocenters. The van der Waals surface area contributed by atoms with Crippen LogP contribution in [0.25, 0.3) is 11.0 Å². The minimum Gasteiger partial charge on any atom is -0.492 e. The van der Waals surface area contributed by atoms with Crippen molar-refractivity contribution < 1.29 is 18.6 Å². The van der Waals surface area contributed by atoms with Gasteiger partial charge in [0.2, 0.25) is 5.75 Å². The summed E-state index contributed by atoms with van der Waals surface area (Å²) >= 11 is 0. The summed E-state index contributed by atoms with van der Waals surface area (Å²) in [5.74, 6) is 0.958. The van der Waals surface area contributed by atoms with E-state index in [1.165, 1.54) is 29.4 Å². The van der Waals surface area contributed by atoms with Gasteiger partial charge < -0.3 is 18.6 Å². The minimum absolute atomic E-state index is 0.0536. The van der Waals surface area contributed by atoms with Crippen LogP contribution in [-0.2, 0) is 0 Å². The largest absolute Gasteiger partial charge is 0.492 e. The Hall–Kier alpha value is -3.21. The first-order chi connectivity index (χ1) is 16.7. The van der Waals surface area contributed by atoms with Crippen molar-refractivity contribution in [2.75, 3.05) is 20.3 Å². The predicted octanol–water partition coefficient (Wildman–Crippen LogP) is 7.94. The highest BCUT2D eigenvalue weighted by atomic mass is 16.5. The van der Waals surface area contributed by atoms with Gasteiger partial charge in [-0.2, -0.15) is 0 Å². The fourth-order valence-corrected chi connectivity index (χ4v) is 3.53. The molecule has 1 aromatic heterocycles. The van der Waals surface area contributed by atoms with Crippen LogP contribution in [0.1, 0.15) is 67.2 Å². The Kier molecular flexibility index (Phi) is 11.4. The summed E-state index contributed by atoms with van der Waals surface area (Å²) in [6, 6.07) is 5.36. The fraction of sp³-hybridized carbons (Fsp3) is 0.433. The third-order valence-electron chi connectivity index (χ3n) is 5.53. The Morgan fingerprint density at radius 3 is 1.91 bits per heavy atom. The molecule has 1 aromatic carbocycles. The van der Waals surface area contributed by atoms with Crippen molar-refractivity contribution in [1.82, 2.24) is 0 Å². The number of ether oxygens (including phenoxy) is 3. The molecular weight excluding hydrogens is 440 g/mol. The smallest absolute Gasteiger partial charge is 0.383 e. The molecule has 0 radical (unpaired) electrons. The zero-order valence-corrected chi connectivity index (χ0v) is 22.3. The lowest BCUT2D eigenvalue weighted by Gasteiger charge is -2.14. The third kappa shape index (κ3) is 9.16. The molecule has 2 rings (SSSR count). The maximum atomic E-state index is 12.6. The van der Waals surface area contributed by atoms with Gasteiger partial charge in [-0.1, -0.05) is 40.5 Å². The molecule has 0 saturated heterocycles. The third-order valence-corrected chi connectivity index (χ3v) is 5.53. The lowest BCUT2D eigenvalue weighted by Crippen LogP contribution is -2.10. The van der Waals surface area contributed by atoms with E-state index < -0.39 is 5.63 Å². The van der Waals surface area contributed by atoms with Crippen molar-refractivity contribution in [3.05, 3.63) is 75.2 Å². The minimum atomic E-state index is -0.572. The summed E-state index contributed by atoms with van der Waals surface area (Å²) < 4.78 is 23.0. The zero-order chi connectivity index (χ0) is 25.8. The highest BCUT2D eigenvalue weighted by Crippen LogP contribution is 2.38. The predicted molar refractivity (Wildman–Crippen MR) is 145 cm³/mol. The summed E-state index contributed by atoms with van der Waals surface area (Å²) in [4.78, 5) is 12.6. The molecule has 0 N–H and O–H groups in total. The highest BCUT2D eigenvalue weighted by Gasteiger charge is 2.20. The normalized spacial score (nSPS) is 11.9. The summed E-state index contributed by atoms with van der Waals surface area (Å²) in [6.45, 7) is 13.2. The van der Waals surface area contributed by atoms with Gasteiger partial charge in [-0.25, -0.2) is 4.79 Å². The first-order valence-corrected chi connectivity index (χ1v) is 12.2.